The van der Waals surface area contributed by atoms with Crippen LogP contribution < -0.4 is 5.32 Å². The molecule has 0 aliphatic heterocycles. The monoisotopic (exact) mass is 293 g/mol. The van der Waals surface area contributed by atoms with Crippen LogP contribution in [0.3, 0.4) is 0 Å². The van der Waals surface area contributed by atoms with E-state index in [0.29, 0.717) is 17.5 Å². The molecule has 4 heteroatoms. The van der Waals surface area contributed by atoms with Gasteiger partial charge < -0.3 is 10.4 Å². The molecule has 2 atom stereocenters. The summed E-state index contributed by atoms with van der Waals surface area (Å²) in [5.74, 6) is 0.552. The standard InChI is InChI=1S/C16H20ClNO2/c17-13-4-2-12(3-5-13)16(7-8-16)15(20)18-10-11-1-6-14(19)9-11/h2-5,11,14,19H,1,6-10H2,(H,18,20). The average molecular weight is 294 g/mol. The van der Waals surface area contributed by atoms with Crippen molar-refractivity contribution >= 4 is 17.5 Å². The molecule has 3 rings (SSSR count). The Morgan fingerprint density at radius 3 is 2.55 bits per heavy atom. The molecular formula is C16H20ClNO2. The molecule has 2 saturated carbocycles. The number of benzene rings is 1. The van der Waals surface area contributed by atoms with Crippen LogP contribution in [0.1, 0.15) is 37.7 Å². The zero-order chi connectivity index (χ0) is 14.2. The minimum atomic E-state index is -0.332. The number of hydrogen-bond acceptors (Lipinski definition) is 2. The van der Waals surface area contributed by atoms with Gasteiger partial charge in [0.1, 0.15) is 0 Å². The van der Waals surface area contributed by atoms with Gasteiger partial charge in [-0.1, -0.05) is 23.7 Å². The fourth-order valence-electron chi connectivity index (χ4n) is 3.18. The number of aliphatic hydroxyl groups is 1. The van der Waals surface area contributed by atoms with E-state index in [1.165, 1.54) is 0 Å². The van der Waals surface area contributed by atoms with E-state index in [2.05, 4.69) is 5.32 Å². The van der Waals surface area contributed by atoms with Crippen molar-refractivity contribution in [2.45, 2.75) is 43.6 Å². The highest BCUT2D eigenvalue weighted by Crippen LogP contribution is 2.48. The Morgan fingerprint density at radius 1 is 1.30 bits per heavy atom. The lowest BCUT2D eigenvalue weighted by Gasteiger charge is -2.18. The Bertz CT molecular complexity index is 496. The van der Waals surface area contributed by atoms with Gasteiger partial charge in [0.05, 0.1) is 11.5 Å². The first-order valence-electron chi connectivity index (χ1n) is 7.32. The van der Waals surface area contributed by atoms with Gasteiger partial charge in [0.2, 0.25) is 5.91 Å². The molecule has 0 bridgehead atoms. The summed E-state index contributed by atoms with van der Waals surface area (Å²) in [7, 11) is 0. The van der Waals surface area contributed by atoms with Crippen LogP contribution in [0.15, 0.2) is 24.3 Å². The number of hydrogen-bond donors (Lipinski definition) is 2. The first-order chi connectivity index (χ1) is 9.60. The van der Waals surface area contributed by atoms with Crippen molar-refractivity contribution in [2.75, 3.05) is 6.54 Å². The summed E-state index contributed by atoms with van der Waals surface area (Å²) in [5, 5.41) is 13.3. The molecule has 20 heavy (non-hydrogen) atoms. The smallest absolute Gasteiger partial charge is 0.230 e. The third-order valence-corrected chi connectivity index (χ3v) is 4.90. The van der Waals surface area contributed by atoms with Crippen LogP contribution >= 0.6 is 11.6 Å². The predicted molar refractivity (Wildman–Crippen MR) is 78.7 cm³/mol. The summed E-state index contributed by atoms with van der Waals surface area (Å²) in [6.45, 7) is 0.686. The second kappa shape index (κ2) is 5.38. The van der Waals surface area contributed by atoms with Crippen molar-refractivity contribution in [3.05, 3.63) is 34.9 Å². The fraction of sp³-hybridized carbons (Fsp3) is 0.562. The molecular weight excluding hydrogens is 274 g/mol. The van der Waals surface area contributed by atoms with E-state index in [9.17, 15) is 9.90 Å². The summed E-state index contributed by atoms with van der Waals surface area (Å²) in [5.41, 5.74) is 0.729. The van der Waals surface area contributed by atoms with E-state index in [0.717, 1.165) is 37.7 Å². The van der Waals surface area contributed by atoms with Crippen molar-refractivity contribution in [1.29, 1.82) is 0 Å². The van der Waals surface area contributed by atoms with E-state index >= 15 is 0 Å². The number of amides is 1. The number of nitrogens with one attached hydrogen (secondary N) is 1. The highest BCUT2D eigenvalue weighted by molar-refractivity contribution is 6.30. The van der Waals surface area contributed by atoms with Crippen LogP contribution in [0, 0.1) is 5.92 Å². The molecule has 1 aromatic carbocycles. The summed E-state index contributed by atoms with van der Waals surface area (Å²) in [4.78, 5) is 12.4. The topological polar surface area (TPSA) is 49.3 Å². The molecule has 2 N–H and O–H groups in total. The average Bonchev–Trinajstić information content (AvgIpc) is 3.15. The first-order valence-corrected chi connectivity index (χ1v) is 7.70. The number of halogens is 1. The van der Waals surface area contributed by atoms with E-state index in [1.54, 1.807) is 0 Å². The Kier molecular flexibility index (Phi) is 3.74. The molecule has 108 valence electrons. The van der Waals surface area contributed by atoms with Gasteiger partial charge in [-0.05, 0) is 55.7 Å². The quantitative estimate of drug-likeness (QED) is 0.896. The fourth-order valence-corrected chi connectivity index (χ4v) is 3.31. The van der Waals surface area contributed by atoms with Crippen molar-refractivity contribution in [3.63, 3.8) is 0 Å². The van der Waals surface area contributed by atoms with Crippen LogP contribution in [-0.2, 0) is 10.2 Å². The lowest BCUT2D eigenvalue weighted by Crippen LogP contribution is -2.37. The number of carbonyl (C=O) groups is 1. The second-order valence-corrected chi connectivity index (χ2v) is 6.57. The van der Waals surface area contributed by atoms with Gasteiger partial charge in [-0.15, -0.1) is 0 Å². The molecule has 0 aromatic heterocycles. The van der Waals surface area contributed by atoms with Gasteiger partial charge >= 0.3 is 0 Å². The van der Waals surface area contributed by atoms with Crippen LogP contribution in [0.4, 0.5) is 0 Å². The lowest BCUT2D eigenvalue weighted by atomic mass is 9.94. The van der Waals surface area contributed by atoms with Crippen LogP contribution in [0.5, 0.6) is 0 Å². The van der Waals surface area contributed by atoms with Crippen molar-refractivity contribution < 1.29 is 9.90 Å². The van der Waals surface area contributed by atoms with E-state index in [4.69, 9.17) is 11.6 Å². The van der Waals surface area contributed by atoms with Crippen LogP contribution in [0.2, 0.25) is 5.02 Å². The van der Waals surface area contributed by atoms with Gasteiger partial charge in [-0.2, -0.15) is 0 Å². The van der Waals surface area contributed by atoms with E-state index in [1.807, 2.05) is 24.3 Å². The maximum atomic E-state index is 12.4. The Morgan fingerprint density at radius 2 is 2.00 bits per heavy atom. The predicted octanol–water partition coefficient (Wildman–Crippen LogP) is 2.65. The molecule has 2 fully saturated rings. The molecule has 0 heterocycles. The van der Waals surface area contributed by atoms with Gasteiger partial charge in [0, 0.05) is 11.6 Å². The normalized spacial score (nSPS) is 27.3. The lowest BCUT2D eigenvalue weighted by molar-refractivity contribution is -0.123. The Balaban J connectivity index is 1.60. The highest BCUT2D eigenvalue weighted by atomic mass is 35.5. The van der Waals surface area contributed by atoms with Gasteiger partial charge in [0.25, 0.3) is 0 Å². The van der Waals surface area contributed by atoms with Crippen molar-refractivity contribution in [3.8, 4) is 0 Å². The summed E-state index contributed by atoms with van der Waals surface area (Å²) in [6, 6.07) is 7.59. The summed E-state index contributed by atoms with van der Waals surface area (Å²) in [6.07, 6.45) is 4.33. The minimum absolute atomic E-state index is 0.126. The Hall–Kier alpha value is -1.06. The van der Waals surface area contributed by atoms with Gasteiger partial charge in [-0.25, -0.2) is 0 Å². The van der Waals surface area contributed by atoms with Crippen LogP contribution in [-0.4, -0.2) is 23.7 Å². The minimum Gasteiger partial charge on any atom is -0.393 e. The molecule has 1 aromatic rings. The zero-order valence-electron chi connectivity index (χ0n) is 11.4. The number of carbonyl (C=O) groups excluding carboxylic acids is 1. The maximum absolute atomic E-state index is 12.4. The SMILES string of the molecule is O=C(NCC1CCC(O)C1)C1(c2ccc(Cl)cc2)CC1. The van der Waals surface area contributed by atoms with Crippen molar-refractivity contribution in [2.24, 2.45) is 5.92 Å². The third kappa shape index (κ3) is 2.70. The van der Waals surface area contributed by atoms with Gasteiger partial charge in [0.15, 0.2) is 0 Å². The molecule has 0 radical (unpaired) electrons. The van der Waals surface area contributed by atoms with E-state index < -0.39 is 0 Å². The molecule has 2 aliphatic rings. The number of rotatable bonds is 4. The molecule has 0 saturated heterocycles. The largest absolute Gasteiger partial charge is 0.393 e. The second-order valence-electron chi connectivity index (χ2n) is 6.13. The Labute approximate surface area is 124 Å². The summed E-state index contributed by atoms with van der Waals surface area (Å²) < 4.78 is 0. The van der Waals surface area contributed by atoms with Gasteiger partial charge in [-0.3, -0.25) is 4.79 Å². The molecule has 1 amide bonds. The van der Waals surface area contributed by atoms with E-state index in [-0.39, 0.29) is 17.4 Å². The highest BCUT2D eigenvalue weighted by Gasteiger charge is 2.51. The third-order valence-electron chi connectivity index (χ3n) is 4.65. The van der Waals surface area contributed by atoms with Crippen molar-refractivity contribution in [1.82, 2.24) is 5.32 Å². The number of aliphatic hydroxyl groups excluding tert-OH is 1. The maximum Gasteiger partial charge on any atom is 0.230 e. The molecule has 0 spiro atoms. The first kappa shape index (κ1) is 13.9. The summed E-state index contributed by atoms with van der Waals surface area (Å²) >= 11 is 5.90. The van der Waals surface area contributed by atoms with Crippen LogP contribution in [0.25, 0.3) is 0 Å². The molecule has 3 nitrogen and oxygen atoms in total. The zero-order valence-corrected chi connectivity index (χ0v) is 12.2. The molecule has 2 aliphatic carbocycles. The molecule has 2 unspecified atom stereocenters.